The van der Waals surface area contributed by atoms with E-state index in [0.29, 0.717) is 18.6 Å². The molecule has 2 fully saturated rings. The molecule has 0 amide bonds. The van der Waals surface area contributed by atoms with Gasteiger partial charge in [-0.1, -0.05) is 0 Å². The number of rotatable bonds is 8. The molecule has 122 valence electrons. The van der Waals surface area contributed by atoms with Crippen molar-refractivity contribution in [3.05, 3.63) is 0 Å². The highest BCUT2D eigenvalue weighted by Crippen LogP contribution is 2.41. The molecular weight excluding hydrogens is 268 g/mol. The van der Waals surface area contributed by atoms with Crippen LogP contribution in [0.25, 0.3) is 0 Å². The van der Waals surface area contributed by atoms with Crippen molar-refractivity contribution in [1.82, 2.24) is 10.2 Å². The standard InChI is InChI=1S/C16H30N2O3/c1-12(2)17-16(13-7-8-13,15(19)20-4)11-18(3)10-14-6-5-9-21-14/h12-14,17H,5-11H2,1-4H3. The first-order chi connectivity index (χ1) is 9.98. The summed E-state index contributed by atoms with van der Waals surface area (Å²) in [6.07, 6.45) is 4.78. The van der Waals surface area contributed by atoms with Crippen molar-refractivity contribution in [3.8, 4) is 0 Å². The maximum atomic E-state index is 12.5. The van der Waals surface area contributed by atoms with Gasteiger partial charge in [-0.2, -0.15) is 0 Å². The number of carbonyl (C=O) groups excluding carboxylic acids is 1. The normalized spacial score (nSPS) is 25.3. The summed E-state index contributed by atoms with van der Waals surface area (Å²) in [5, 5.41) is 3.50. The van der Waals surface area contributed by atoms with Gasteiger partial charge in [0, 0.05) is 25.7 Å². The van der Waals surface area contributed by atoms with Crippen molar-refractivity contribution in [2.24, 2.45) is 5.92 Å². The van der Waals surface area contributed by atoms with Crippen LogP contribution >= 0.6 is 0 Å². The average molecular weight is 298 g/mol. The van der Waals surface area contributed by atoms with Gasteiger partial charge in [0.25, 0.3) is 0 Å². The zero-order chi connectivity index (χ0) is 15.5. The zero-order valence-electron chi connectivity index (χ0n) is 13.9. The van der Waals surface area contributed by atoms with Crippen LogP contribution in [0.1, 0.15) is 39.5 Å². The third-order valence-corrected chi connectivity index (χ3v) is 4.43. The van der Waals surface area contributed by atoms with Gasteiger partial charge in [-0.05, 0) is 52.5 Å². The molecule has 0 aromatic rings. The van der Waals surface area contributed by atoms with Crippen molar-refractivity contribution < 1.29 is 14.3 Å². The lowest BCUT2D eigenvalue weighted by molar-refractivity contribution is -0.151. The van der Waals surface area contributed by atoms with E-state index in [2.05, 4.69) is 31.1 Å². The number of hydrogen-bond donors (Lipinski definition) is 1. The molecule has 1 heterocycles. The molecule has 2 unspecified atom stereocenters. The molecule has 1 aliphatic heterocycles. The van der Waals surface area contributed by atoms with E-state index in [-0.39, 0.29) is 12.0 Å². The number of nitrogens with zero attached hydrogens (tertiary/aromatic N) is 1. The smallest absolute Gasteiger partial charge is 0.327 e. The molecule has 1 saturated heterocycles. The third kappa shape index (κ3) is 4.18. The van der Waals surface area contributed by atoms with E-state index < -0.39 is 5.54 Å². The molecule has 0 aromatic carbocycles. The minimum Gasteiger partial charge on any atom is -0.468 e. The number of likely N-dealkylation sites (N-methyl/N-ethyl adjacent to an activating group) is 1. The van der Waals surface area contributed by atoms with Crippen LogP contribution in [0.2, 0.25) is 0 Å². The lowest BCUT2D eigenvalue weighted by Crippen LogP contribution is -2.63. The molecule has 1 N–H and O–H groups in total. The van der Waals surface area contributed by atoms with Crippen LogP contribution in [-0.4, -0.2) is 62.4 Å². The second-order valence-electron chi connectivity index (χ2n) is 6.87. The molecule has 5 nitrogen and oxygen atoms in total. The van der Waals surface area contributed by atoms with Crippen LogP contribution in [0, 0.1) is 5.92 Å². The summed E-state index contributed by atoms with van der Waals surface area (Å²) in [6.45, 7) is 6.60. The number of methoxy groups -OCH3 is 1. The Bertz CT molecular complexity index is 351. The zero-order valence-corrected chi connectivity index (χ0v) is 13.9. The highest BCUT2D eigenvalue weighted by atomic mass is 16.5. The number of ether oxygens (including phenoxy) is 2. The van der Waals surface area contributed by atoms with E-state index in [1.807, 2.05) is 0 Å². The van der Waals surface area contributed by atoms with Crippen molar-refractivity contribution in [2.45, 2.75) is 57.2 Å². The summed E-state index contributed by atoms with van der Waals surface area (Å²) in [7, 11) is 3.56. The molecule has 0 aromatic heterocycles. The fraction of sp³-hybridized carbons (Fsp3) is 0.938. The second-order valence-corrected chi connectivity index (χ2v) is 6.87. The lowest BCUT2D eigenvalue weighted by Gasteiger charge is -2.38. The molecule has 2 aliphatic rings. The summed E-state index contributed by atoms with van der Waals surface area (Å²) in [5.74, 6) is 0.261. The SMILES string of the molecule is COC(=O)C(CN(C)CC1CCCO1)(NC(C)C)C1CC1. The van der Waals surface area contributed by atoms with Gasteiger partial charge in [-0.25, -0.2) is 4.79 Å². The molecule has 1 saturated carbocycles. The molecule has 5 heteroatoms. The first kappa shape index (κ1) is 16.7. The van der Waals surface area contributed by atoms with E-state index in [9.17, 15) is 4.79 Å². The van der Waals surface area contributed by atoms with Gasteiger partial charge in [-0.15, -0.1) is 0 Å². The Morgan fingerprint density at radius 1 is 1.43 bits per heavy atom. The van der Waals surface area contributed by atoms with Gasteiger partial charge in [-0.3, -0.25) is 5.32 Å². The lowest BCUT2D eigenvalue weighted by atomic mass is 9.91. The van der Waals surface area contributed by atoms with Gasteiger partial charge in [0.05, 0.1) is 13.2 Å². The summed E-state index contributed by atoms with van der Waals surface area (Å²) in [6, 6.07) is 0.251. The summed E-state index contributed by atoms with van der Waals surface area (Å²) in [4.78, 5) is 14.7. The molecule has 1 aliphatic carbocycles. The van der Waals surface area contributed by atoms with Crippen LogP contribution in [0.3, 0.4) is 0 Å². The van der Waals surface area contributed by atoms with Gasteiger partial charge in [0.1, 0.15) is 5.54 Å². The summed E-state index contributed by atoms with van der Waals surface area (Å²) < 4.78 is 10.8. The Kier molecular flexibility index (Phi) is 5.63. The topological polar surface area (TPSA) is 50.8 Å². The molecule has 21 heavy (non-hydrogen) atoms. The number of carbonyl (C=O) groups is 1. The Balaban J connectivity index is 2.04. The van der Waals surface area contributed by atoms with E-state index in [0.717, 1.165) is 38.8 Å². The maximum absolute atomic E-state index is 12.5. The highest BCUT2D eigenvalue weighted by Gasteiger charge is 2.52. The highest BCUT2D eigenvalue weighted by molar-refractivity contribution is 5.82. The molecule has 0 radical (unpaired) electrons. The Morgan fingerprint density at radius 3 is 2.62 bits per heavy atom. The van der Waals surface area contributed by atoms with E-state index in [1.54, 1.807) is 0 Å². The molecule has 0 spiro atoms. The van der Waals surface area contributed by atoms with E-state index in [1.165, 1.54) is 7.11 Å². The Morgan fingerprint density at radius 2 is 2.14 bits per heavy atom. The van der Waals surface area contributed by atoms with Crippen molar-refractivity contribution in [1.29, 1.82) is 0 Å². The van der Waals surface area contributed by atoms with Gasteiger partial charge >= 0.3 is 5.97 Å². The van der Waals surface area contributed by atoms with Crippen molar-refractivity contribution >= 4 is 5.97 Å². The molecule has 2 rings (SSSR count). The maximum Gasteiger partial charge on any atom is 0.327 e. The summed E-state index contributed by atoms with van der Waals surface area (Å²) in [5.41, 5.74) is -0.573. The molecule has 2 atom stereocenters. The van der Waals surface area contributed by atoms with Crippen molar-refractivity contribution in [2.75, 3.05) is 33.9 Å². The Hall–Kier alpha value is -0.650. The van der Waals surface area contributed by atoms with Gasteiger partial charge in [0.2, 0.25) is 0 Å². The van der Waals surface area contributed by atoms with Crippen molar-refractivity contribution in [3.63, 3.8) is 0 Å². The monoisotopic (exact) mass is 298 g/mol. The fourth-order valence-electron chi connectivity index (χ4n) is 3.48. The predicted octanol–water partition coefficient (Wildman–Crippen LogP) is 1.42. The molecular formula is C16H30N2O3. The van der Waals surface area contributed by atoms with Gasteiger partial charge in [0.15, 0.2) is 0 Å². The summed E-state index contributed by atoms with van der Waals surface area (Å²) >= 11 is 0. The largest absolute Gasteiger partial charge is 0.468 e. The average Bonchev–Trinajstić information content (AvgIpc) is 3.16. The number of nitrogens with one attached hydrogen (secondary N) is 1. The first-order valence-corrected chi connectivity index (χ1v) is 8.14. The van der Waals surface area contributed by atoms with Crippen LogP contribution in [-0.2, 0) is 14.3 Å². The van der Waals surface area contributed by atoms with Gasteiger partial charge < -0.3 is 14.4 Å². The second kappa shape index (κ2) is 7.07. The van der Waals surface area contributed by atoms with Crippen LogP contribution in [0.5, 0.6) is 0 Å². The minimum absolute atomic E-state index is 0.127. The predicted molar refractivity (Wildman–Crippen MR) is 82.2 cm³/mol. The Labute approximate surface area is 128 Å². The van der Waals surface area contributed by atoms with Crippen LogP contribution in [0.4, 0.5) is 0 Å². The van der Waals surface area contributed by atoms with E-state index >= 15 is 0 Å². The minimum atomic E-state index is -0.573. The quantitative estimate of drug-likeness (QED) is 0.687. The van der Waals surface area contributed by atoms with Crippen LogP contribution in [0.15, 0.2) is 0 Å². The molecule has 0 bridgehead atoms. The fourth-order valence-corrected chi connectivity index (χ4v) is 3.48. The van der Waals surface area contributed by atoms with Crippen LogP contribution < -0.4 is 5.32 Å². The van der Waals surface area contributed by atoms with E-state index in [4.69, 9.17) is 9.47 Å². The first-order valence-electron chi connectivity index (χ1n) is 8.14. The number of esters is 1. The number of hydrogen-bond acceptors (Lipinski definition) is 5. The third-order valence-electron chi connectivity index (χ3n) is 4.43.